The van der Waals surface area contributed by atoms with E-state index >= 15 is 0 Å². The summed E-state index contributed by atoms with van der Waals surface area (Å²) in [6, 6.07) is 0. The molecule has 35 heavy (non-hydrogen) atoms. The van der Waals surface area contributed by atoms with Crippen molar-refractivity contribution in [2.24, 2.45) is 5.92 Å². The molecule has 1 atom stereocenters. The maximum Gasteiger partial charge on any atom is 0.220 e. The van der Waals surface area contributed by atoms with Crippen LogP contribution in [0.15, 0.2) is 50.6 Å². The van der Waals surface area contributed by atoms with Crippen LogP contribution >= 0.6 is 0 Å². The van der Waals surface area contributed by atoms with E-state index in [0.29, 0.717) is 32.3 Å². The minimum absolute atomic E-state index is 0.201. The Hall–Kier alpha value is -2.30. The number of methoxy groups -OCH3 is 4. The number of hydrogen-bond acceptors (Lipinski definition) is 7. The van der Waals surface area contributed by atoms with Crippen LogP contribution in [0.5, 0.6) is 0 Å². The van der Waals surface area contributed by atoms with Gasteiger partial charge in [-0.1, -0.05) is 31.2 Å². The molecule has 2 fully saturated rings. The highest BCUT2D eigenvalue weighted by molar-refractivity contribution is 5.78. The predicted octanol–water partition coefficient (Wildman–Crippen LogP) is 2.92. The Balaban J connectivity index is -0.000000102. The third-order valence-corrected chi connectivity index (χ3v) is 3.22. The fourth-order valence-corrected chi connectivity index (χ4v) is 1.79. The number of aliphatic hydroxyl groups excluding tert-OH is 1. The van der Waals surface area contributed by atoms with E-state index < -0.39 is 0 Å². The van der Waals surface area contributed by atoms with Gasteiger partial charge >= 0.3 is 0 Å². The molecule has 2 heterocycles. The Kier molecular flexibility index (Phi) is 55.3. The number of rotatable bonds is 8. The van der Waals surface area contributed by atoms with Crippen molar-refractivity contribution < 1.29 is 33.6 Å². The number of ether oxygens (including phenoxy) is 4. The highest BCUT2D eigenvalue weighted by Crippen LogP contribution is 2.05. The molecule has 0 saturated carbocycles. The number of carbonyl (C=O) groups excluding carboxylic acids is 2. The molecular formula is C26H52N2O7. The van der Waals surface area contributed by atoms with Gasteiger partial charge in [-0.15, -0.1) is 26.3 Å². The van der Waals surface area contributed by atoms with Crippen LogP contribution < -0.4 is 10.6 Å². The molecular weight excluding hydrogens is 452 g/mol. The third-order valence-electron chi connectivity index (χ3n) is 3.22. The molecule has 2 amide bonds. The number of amides is 2. The van der Waals surface area contributed by atoms with E-state index in [0.717, 1.165) is 39.5 Å². The van der Waals surface area contributed by atoms with Crippen molar-refractivity contribution in [3.63, 3.8) is 0 Å². The highest BCUT2D eigenvalue weighted by Gasteiger charge is 2.15. The number of aliphatic hydroxyl groups is 1. The molecule has 0 radical (unpaired) electrons. The topological polar surface area (TPSA) is 115 Å². The molecule has 2 aliphatic rings. The zero-order valence-electron chi connectivity index (χ0n) is 23.0. The van der Waals surface area contributed by atoms with Gasteiger partial charge in [0.1, 0.15) is 0 Å². The lowest BCUT2D eigenvalue weighted by molar-refractivity contribution is -0.120. The smallest absolute Gasteiger partial charge is 0.220 e. The van der Waals surface area contributed by atoms with Crippen molar-refractivity contribution in [2.45, 2.75) is 26.2 Å². The summed E-state index contributed by atoms with van der Waals surface area (Å²) in [5.41, 5.74) is 0. The van der Waals surface area contributed by atoms with Gasteiger partial charge in [-0.3, -0.25) is 9.59 Å². The molecule has 9 nitrogen and oxygen atoms in total. The minimum Gasteiger partial charge on any atom is -0.400 e. The van der Waals surface area contributed by atoms with Crippen molar-refractivity contribution in [3.05, 3.63) is 50.6 Å². The normalized spacial score (nSPS) is 14.1. The molecule has 2 aliphatic heterocycles. The maximum atomic E-state index is 10.3. The summed E-state index contributed by atoms with van der Waals surface area (Å²) in [6.45, 7) is 20.1. The lowest BCUT2D eigenvalue weighted by Crippen LogP contribution is -2.13. The molecule has 9 heteroatoms. The highest BCUT2D eigenvalue weighted by atomic mass is 16.5. The fourth-order valence-electron chi connectivity index (χ4n) is 1.79. The van der Waals surface area contributed by atoms with Crippen LogP contribution in [0.3, 0.4) is 0 Å². The first-order valence-electron chi connectivity index (χ1n) is 11.2. The quantitative estimate of drug-likeness (QED) is 0.435. The van der Waals surface area contributed by atoms with E-state index in [-0.39, 0.29) is 11.8 Å². The van der Waals surface area contributed by atoms with Crippen LogP contribution in [0.25, 0.3) is 0 Å². The molecule has 2 rings (SSSR count). The fraction of sp³-hybridized carbons (Fsp3) is 0.615. The van der Waals surface area contributed by atoms with Gasteiger partial charge in [0.15, 0.2) is 0 Å². The maximum absolute atomic E-state index is 10.3. The molecule has 0 spiro atoms. The van der Waals surface area contributed by atoms with Crippen LogP contribution in [0.4, 0.5) is 0 Å². The molecule has 0 aromatic rings. The zero-order chi connectivity index (χ0) is 28.2. The van der Waals surface area contributed by atoms with Gasteiger partial charge in [0.25, 0.3) is 0 Å². The van der Waals surface area contributed by atoms with Crippen molar-refractivity contribution in [2.75, 3.05) is 75.1 Å². The second kappa shape index (κ2) is 45.2. The van der Waals surface area contributed by atoms with Gasteiger partial charge in [-0.2, -0.15) is 0 Å². The summed E-state index contributed by atoms with van der Waals surface area (Å²) in [4.78, 5) is 20.5. The van der Waals surface area contributed by atoms with Gasteiger partial charge in [-0.05, 0) is 12.3 Å². The summed E-state index contributed by atoms with van der Waals surface area (Å²) < 4.78 is 18.3. The first-order chi connectivity index (χ1) is 16.8. The van der Waals surface area contributed by atoms with Gasteiger partial charge in [0.05, 0.1) is 26.4 Å². The third kappa shape index (κ3) is 59.4. The Morgan fingerprint density at radius 3 is 1.20 bits per heavy atom. The van der Waals surface area contributed by atoms with Crippen molar-refractivity contribution >= 4 is 11.8 Å². The lowest BCUT2D eigenvalue weighted by Gasteiger charge is -1.88. The molecule has 3 N–H and O–H groups in total. The summed E-state index contributed by atoms with van der Waals surface area (Å²) in [5, 5.41) is 12.4. The van der Waals surface area contributed by atoms with Crippen molar-refractivity contribution in [1.82, 2.24) is 10.6 Å². The van der Waals surface area contributed by atoms with E-state index in [2.05, 4.69) is 62.8 Å². The first kappa shape index (κ1) is 42.8. The first-order valence-corrected chi connectivity index (χ1v) is 11.2. The Morgan fingerprint density at radius 2 is 1.14 bits per heavy atom. The Labute approximate surface area is 214 Å². The van der Waals surface area contributed by atoms with Crippen molar-refractivity contribution in [1.29, 1.82) is 0 Å². The number of nitrogens with one attached hydrogen (secondary N) is 2. The van der Waals surface area contributed by atoms with Crippen LogP contribution in [0.2, 0.25) is 0 Å². The number of carbonyl (C=O) groups is 2. The van der Waals surface area contributed by atoms with Crippen LogP contribution in [-0.2, 0) is 28.5 Å². The zero-order valence-corrected chi connectivity index (χ0v) is 23.0. The van der Waals surface area contributed by atoms with E-state index in [1.54, 1.807) is 52.7 Å². The van der Waals surface area contributed by atoms with E-state index in [1.807, 2.05) is 0 Å². The van der Waals surface area contributed by atoms with Gasteiger partial charge in [0, 0.05) is 61.5 Å². The molecule has 0 bridgehead atoms. The van der Waals surface area contributed by atoms with Gasteiger partial charge in [0.2, 0.25) is 11.8 Å². The summed E-state index contributed by atoms with van der Waals surface area (Å²) in [7, 11) is 7.56. The molecule has 0 aliphatic carbocycles. The SMILES string of the molecule is C=CCOC.C=CCOC.C=CCOC.C=CCOC.CC1CNC(=O)C1.CO.O=C1CCCN1. The second-order valence-electron chi connectivity index (χ2n) is 6.54. The summed E-state index contributed by atoms with van der Waals surface area (Å²) >= 11 is 0. The van der Waals surface area contributed by atoms with E-state index in [1.165, 1.54) is 0 Å². The summed E-state index contributed by atoms with van der Waals surface area (Å²) in [5.74, 6) is 0.968. The van der Waals surface area contributed by atoms with Crippen LogP contribution in [-0.4, -0.2) is 92.0 Å². The molecule has 0 aromatic heterocycles. The molecule has 1 unspecified atom stereocenters. The van der Waals surface area contributed by atoms with Crippen LogP contribution in [0, 0.1) is 5.92 Å². The molecule has 0 aromatic carbocycles. The average Bonchev–Trinajstić information content (AvgIpc) is 3.49. The van der Waals surface area contributed by atoms with E-state index in [9.17, 15) is 9.59 Å². The predicted molar refractivity (Wildman–Crippen MR) is 145 cm³/mol. The van der Waals surface area contributed by atoms with Gasteiger partial charge < -0.3 is 34.7 Å². The Morgan fingerprint density at radius 1 is 0.771 bits per heavy atom. The van der Waals surface area contributed by atoms with E-state index in [4.69, 9.17) is 5.11 Å². The van der Waals surface area contributed by atoms with Crippen molar-refractivity contribution in [3.8, 4) is 0 Å². The largest absolute Gasteiger partial charge is 0.400 e. The average molecular weight is 505 g/mol. The molecule has 2 saturated heterocycles. The second-order valence-corrected chi connectivity index (χ2v) is 6.54. The standard InChI is InChI=1S/C5H9NO.C4H7NO.4C4H8O.CH4O/c1-4-2-5(7)6-3-4;6-4-2-1-3-5-4;4*1-3-4-5-2;1-2/h4H,2-3H2,1H3,(H,6,7);1-3H2,(H,5,6);4*3H,1,4H2,2H3;2H,1H3. The lowest BCUT2D eigenvalue weighted by atomic mass is 10.2. The number of hydrogen-bond donors (Lipinski definition) is 3. The minimum atomic E-state index is 0.201. The van der Waals surface area contributed by atoms with Gasteiger partial charge in [-0.25, -0.2) is 0 Å². The summed E-state index contributed by atoms with van der Waals surface area (Å²) in [6.07, 6.45) is 9.32. The monoisotopic (exact) mass is 504 g/mol. The Bertz CT molecular complexity index is 425. The van der Waals surface area contributed by atoms with Crippen LogP contribution in [0.1, 0.15) is 26.2 Å². The molecule has 208 valence electrons.